The maximum absolute atomic E-state index is 11.4. The van der Waals surface area contributed by atoms with Crippen molar-refractivity contribution in [3.05, 3.63) is 22.4 Å². The van der Waals surface area contributed by atoms with Crippen LogP contribution in [0, 0.1) is 0 Å². The van der Waals surface area contributed by atoms with Crippen LogP contribution in [0.2, 0.25) is 0 Å². The van der Waals surface area contributed by atoms with Crippen LogP contribution in [0.25, 0.3) is 0 Å². The Morgan fingerprint density at radius 2 is 2.67 bits per heavy atom. The Morgan fingerprint density at radius 3 is 3.33 bits per heavy atom. The Labute approximate surface area is 92.6 Å². The molecule has 1 aliphatic heterocycles. The molecule has 1 aromatic heterocycles. The number of carbonyl (C=O) groups is 1. The summed E-state index contributed by atoms with van der Waals surface area (Å²) in [7, 11) is 0. The quantitative estimate of drug-likeness (QED) is 0.743. The summed E-state index contributed by atoms with van der Waals surface area (Å²) in [6.45, 7) is 1.78. The minimum atomic E-state index is -0.0793. The lowest BCUT2D eigenvalue weighted by Crippen LogP contribution is -2.31. The molecule has 1 fully saturated rings. The van der Waals surface area contributed by atoms with Gasteiger partial charge in [0.25, 0.3) is 0 Å². The van der Waals surface area contributed by atoms with Gasteiger partial charge < -0.3 is 5.32 Å². The lowest BCUT2D eigenvalue weighted by Gasteiger charge is -2.10. The highest BCUT2D eigenvalue weighted by Crippen LogP contribution is 2.09. The molecular weight excluding hydrogens is 212 g/mol. The number of rotatable bonds is 4. The number of amides is 1. The van der Waals surface area contributed by atoms with E-state index in [9.17, 15) is 4.79 Å². The van der Waals surface area contributed by atoms with Gasteiger partial charge in [0.1, 0.15) is 0 Å². The predicted octanol–water partition coefficient (Wildman–Crippen LogP) is 0.700. The second-order valence-corrected chi connectivity index (χ2v) is 4.55. The third-order valence-corrected chi connectivity index (χ3v) is 3.15. The standard InChI is InChI=1S/C10H14N2O2S/c13-10(6-9-2-1-5-15-9)12-14-8-3-4-11-7-8/h1-2,5,8,11H,3-4,6-7H2,(H,12,13). The van der Waals surface area contributed by atoms with Crippen molar-refractivity contribution in [3.8, 4) is 0 Å². The summed E-state index contributed by atoms with van der Waals surface area (Å²) >= 11 is 1.58. The smallest absolute Gasteiger partial charge is 0.248 e. The van der Waals surface area contributed by atoms with E-state index in [1.54, 1.807) is 11.3 Å². The number of thiophene rings is 1. The van der Waals surface area contributed by atoms with Crippen molar-refractivity contribution < 1.29 is 9.63 Å². The number of hydrogen-bond donors (Lipinski definition) is 2. The van der Waals surface area contributed by atoms with Crippen LogP contribution in [0.4, 0.5) is 0 Å². The van der Waals surface area contributed by atoms with Gasteiger partial charge in [-0.1, -0.05) is 6.07 Å². The van der Waals surface area contributed by atoms with Gasteiger partial charge in [-0.15, -0.1) is 11.3 Å². The lowest BCUT2D eigenvalue weighted by atomic mass is 10.3. The van der Waals surface area contributed by atoms with E-state index >= 15 is 0 Å². The molecular formula is C10H14N2O2S. The molecule has 2 N–H and O–H groups in total. The van der Waals surface area contributed by atoms with Crippen molar-refractivity contribution >= 4 is 17.2 Å². The van der Waals surface area contributed by atoms with E-state index in [0.717, 1.165) is 24.4 Å². The SMILES string of the molecule is O=C(Cc1cccs1)NOC1CCNC1. The zero-order valence-electron chi connectivity index (χ0n) is 8.36. The third-order valence-electron chi connectivity index (χ3n) is 2.27. The van der Waals surface area contributed by atoms with Crippen molar-refractivity contribution in [1.29, 1.82) is 0 Å². The summed E-state index contributed by atoms with van der Waals surface area (Å²) in [5.74, 6) is -0.0793. The van der Waals surface area contributed by atoms with Gasteiger partial charge in [0.05, 0.1) is 12.5 Å². The van der Waals surface area contributed by atoms with Crippen LogP contribution in [0.5, 0.6) is 0 Å². The zero-order chi connectivity index (χ0) is 10.5. The van der Waals surface area contributed by atoms with E-state index in [1.807, 2.05) is 17.5 Å². The Morgan fingerprint density at radius 1 is 1.73 bits per heavy atom. The zero-order valence-corrected chi connectivity index (χ0v) is 9.18. The van der Waals surface area contributed by atoms with Crippen LogP contribution in [0.3, 0.4) is 0 Å². The first kappa shape index (κ1) is 10.6. The van der Waals surface area contributed by atoms with Crippen LogP contribution in [0.15, 0.2) is 17.5 Å². The number of nitrogens with one attached hydrogen (secondary N) is 2. The van der Waals surface area contributed by atoms with Crippen LogP contribution >= 0.6 is 11.3 Å². The summed E-state index contributed by atoms with van der Waals surface area (Å²) in [6, 6.07) is 3.89. The molecule has 5 heteroatoms. The average Bonchev–Trinajstić information content (AvgIpc) is 2.86. The summed E-state index contributed by atoms with van der Waals surface area (Å²) in [5.41, 5.74) is 2.49. The molecule has 1 aliphatic rings. The Hall–Kier alpha value is -0.910. The summed E-state index contributed by atoms with van der Waals surface area (Å²) in [6.07, 6.45) is 1.48. The van der Waals surface area contributed by atoms with Crippen molar-refractivity contribution in [3.63, 3.8) is 0 Å². The largest absolute Gasteiger partial charge is 0.314 e. The van der Waals surface area contributed by atoms with Gasteiger partial charge in [-0.2, -0.15) is 0 Å². The fourth-order valence-electron chi connectivity index (χ4n) is 1.49. The average molecular weight is 226 g/mol. The van der Waals surface area contributed by atoms with E-state index in [0.29, 0.717) is 6.42 Å². The van der Waals surface area contributed by atoms with E-state index in [4.69, 9.17) is 4.84 Å². The number of hydrogen-bond acceptors (Lipinski definition) is 4. The maximum atomic E-state index is 11.4. The van der Waals surface area contributed by atoms with Gasteiger partial charge in [0.2, 0.25) is 5.91 Å². The Kier molecular flexibility index (Phi) is 3.71. The molecule has 1 atom stereocenters. The lowest BCUT2D eigenvalue weighted by molar-refractivity contribution is -0.136. The Bertz CT molecular complexity index is 307. The molecule has 0 spiro atoms. The summed E-state index contributed by atoms with van der Waals surface area (Å²) in [4.78, 5) is 17.7. The fraction of sp³-hybridized carbons (Fsp3) is 0.500. The van der Waals surface area contributed by atoms with Crippen molar-refractivity contribution in [2.24, 2.45) is 0 Å². The third kappa shape index (κ3) is 3.30. The first-order chi connectivity index (χ1) is 7.34. The van der Waals surface area contributed by atoms with Crippen LogP contribution in [-0.2, 0) is 16.1 Å². The first-order valence-corrected chi connectivity index (χ1v) is 5.90. The van der Waals surface area contributed by atoms with Crippen molar-refractivity contribution in [2.45, 2.75) is 18.9 Å². The van der Waals surface area contributed by atoms with Crippen molar-refractivity contribution in [2.75, 3.05) is 13.1 Å². The highest BCUT2D eigenvalue weighted by Gasteiger charge is 2.16. The van der Waals surface area contributed by atoms with Gasteiger partial charge in [0, 0.05) is 11.4 Å². The first-order valence-electron chi connectivity index (χ1n) is 5.02. The maximum Gasteiger partial charge on any atom is 0.248 e. The molecule has 0 aliphatic carbocycles. The highest BCUT2D eigenvalue weighted by molar-refractivity contribution is 7.10. The molecule has 1 saturated heterocycles. The van der Waals surface area contributed by atoms with E-state index < -0.39 is 0 Å². The van der Waals surface area contributed by atoms with Gasteiger partial charge in [-0.3, -0.25) is 9.63 Å². The fourth-order valence-corrected chi connectivity index (χ4v) is 2.19. The van der Waals surface area contributed by atoms with E-state index in [1.165, 1.54) is 0 Å². The van der Waals surface area contributed by atoms with Crippen molar-refractivity contribution in [1.82, 2.24) is 10.8 Å². The number of hydroxylamine groups is 1. The molecule has 1 aromatic rings. The topological polar surface area (TPSA) is 50.4 Å². The van der Waals surface area contributed by atoms with Crippen LogP contribution in [-0.4, -0.2) is 25.1 Å². The highest BCUT2D eigenvalue weighted by atomic mass is 32.1. The molecule has 0 bridgehead atoms. The molecule has 2 heterocycles. The molecule has 4 nitrogen and oxygen atoms in total. The second-order valence-electron chi connectivity index (χ2n) is 3.51. The predicted molar refractivity (Wildman–Crippen MR) is 58.5 cm³/mol. The number of carbonyl (C=O) groups excluding carboxylic acids is 1. The van der Waals surface area contributed by atoms with E-state index in [-0.39, 0.29) is 12.0 Å². The molecule has 0 saturated carbocycles. The summed E-state index contributed by atoms with van der Waals surface area (Å²) < 4.78 is 0. The van der Waals surface area contributed by atoms with E-state index in [2.05, 4.69) is 10.8 Å². The molecule has 0 radical (unpaired) electrons. The van der Waals surface area contributed by atoms with Gasteiger partial charge in [0.15, 0.2) is 0 Å². The molecule has 2 rings (SSSR count). The van der Waals surface area contributed by atoms with Gasteiger partial charge in [-0.25, -0.2) is 5.48 Å². The normalized spacial score (nSPS) is 20.4. The summed E-state index contributed by atoms with van der Waals surface area (Å²) in [5, 5.41) is 5.13. The minimum absolute atomic E-state index is 0.0793. The van der Waals surface area contributed by atoms with Crippen LogP contribution in [0.1, 0.15) is 11.3 Å². The molecule has 1 unspecified atom stereocenters. The van der Waals surface area contributed by atoms with Gasteiger partial charge in [-0.05, 0) is 24.4 Å². The molecule has 15 heavy (non-hydrogen) atoms. The van der Waals surface area contributed by atoms with Gasteiger partial charge >= 0.3 is 0 Å². The molecule has 82 valence electrons. The Balaban J connectivity index is 1.68. The monoisotopic (exact) mass is 226 g/mol. The van der Waals surface area contributed by atoms with Crippen LogP contribution < -0.4 is 10.8 Å². The molecule has 0 aromatic carbocycles. The minimum Gasteiger partial charge on any atom is -0.314 e. The second kappa shape index (κ2) is 5.25. The molecule has 1 amide bonds.